The summed E-state index contributed by atoms with van der Waals surface area (Å²) < 4.78 is 10.5. The first-order chi connectivity index (χ1) is 13.8. The lowest BCUT2D eigenvalue weighted by Gasteiger charge is -2.36. The summed E-state index contributed by atoms with van der Waals surface area (Å²) in [6, 6.07) is 4.30. The van der Waals surface area contributed by atoms with E-state index in [1.807, 2.05) is 6.92 Å². The third-order valence-electron chi connectivity index (χ3n) is 5.86. The van der Waals surface area contributed by atoms with E-state index in [0.29, 0.717) is 23.3 Å². The maximum absolute atomic E-state index is 12.9. The Morgan fingerprint density at radius 1 is 1.28 bits per heavy atom. The first-order valence-corrected chi connectivity index (χ1v) is 9.76. The molecule has 0 unspecified atom stereocenters. The molecule has 0 radical (unpaired) electrons. The molecule has 0 aromatic heterocycles. The van der Waals surface area contributed by atoms with Crippen LogP contribution in [-0.2, 0) is 20.9 Å². The van der Waals surface area contributed by atoms with Crippen molar-refractivity contribution >= 4 is 23.7 Å². The zero-order valence-electron chi connectivity index (χ0n) is 16.9. The molecule has 1 saturated carbocycles. The van der Waals surface area contributed by atoms with E-state index in [1.165, 1.54) is 14.0 Å². The first-order valence-electron chi connectivity index (χ1n) is 9.76. The molecular formula is C21H26N2O6. The number of hydrogen-bond donors (Lipinski definition) is 1. The van der Waals surface area contributed by atoms with E-state index in [0.717, 1.165) is 24.2 Å². The highest BCUT2D eigenvalue weighted by molar-refractivity contribution is 6.09. The molecule has 3 rings (SSSR count). The summed E-state index contributed by atoms with van der Waals surface area (Å²) in [5.74, 6) is -0.682. The average molecular weight is 402 g/mol. The zero-order chi connectivity index (χ0) is 21.2. The molecule has 156 valence electrons. The van der Waals surface area contributed by atoms with Gasteiger partial charge >= 0.3 is 12.0 Å². The maximum atomic E-state index is 12.9. The molecule has 1 aromatic rings. The molecule has 8 nitrogen and oxygen atoms in total. The minimum Gasteiger partial charge on any atom is -0.496 e. The minimum absolute atomic E-state index is 0.0207. The zero-order valence-corrected chi connectivity index (χ0v) is 16.9. The second-order valence-electron chi connectivity index (χ2n) is 7.68. The van der Waals surface area contributed by atoms with Crippen LogP contribution in [0.25, 0.3) is 0 Å². The monoisotopic (exact) mass is 402 g/mol. The molecule has 29 heavy (non-hydrogen) atoms. The van der Waals surface area contributed by atoms with Crippen molar-refractivity contribution in [2.45, 2.75) is 51.7 Å². The van der Waals surface area contributed by atoms with Gasteiger partial charge in [-0.15, -0.1) is 0 Å². The van der Waals surface area contributed by atoms with Crippen LogP contribution in [0.5, 0.6) is 5.75 Å². The van der Waals surface area contributed by atoms with Gasteiger partial charge in [0.05, 0.1) is 7.11 Å². The van der Waals surface area contributed by atoms with Gasteiger partial charge in [0.25, 0.3) is 5.91 Å². The molecule has 1 spiro atoms. The number of carbonyl (C=O) groups is 4. The van der Waals surface area contributed by atoms with Crippen LogP contribution >= 0.6 is 0 Å². The van der Waals surface area contributed by atoms with E-state index in [4.69, 9.17) is 9.47 Å². The minimum atomic E-state index is -0.908. The van der Waals surface area contributed by atoms with Gasteiger partial charge in [0.2, 0.25) is 0 Å². The van der Waals surface area contributed by atoms with Crippen LogP contribution in [0.15, 0.2) is 18.2 Å². The summed E-state index contributed by atoms with van der Waals surface area (Å²) in [6.07, 6.45) is 3.33. The van der Waals surface area contributed by atoms with E-state index in [2.05, 4.69) is 5.32 Å². The number of carbonyl (C=O) groups excluding carboxylic acids is 4. The van der Waals surface area contributed by atoms with Crippen LogP contribution in [-0.4, -0.2) is 47.8 Å². The molecule has 1 heterocycles. The number of hydrogen-bond acceptors (Lipinski definition) is 6. The molecule has 8 heteroatoms. The lowest BCUT2D eigenvalue weighted by atomic mass is 9.73. The summed E-state index contributed by atoms with van der Waals surface area (Å²) in [6.45, 7) is 2.81. The second kappa shape index (κ2) is 8.23. The van der Waals surface area contributed by atoms with Crippen LogP contribution in [0.4, 0.5) is 4.79 Å². The Morgan fingerprint density at radius 2 is 2.03 bits per heavy atom. The highest BCUT2D eigenvalue weighted by atomic mass is 16.5. The molecule has 2 fully saturated rings. The number of ketones is 1. The van der Waals surface area contributed by atoms with E-state index >= 15 is 0 Å². The molecule has 1 aliphatic heterocycles. The van der Waals surface area contributed by atoms with Crippen LogP contribution in [0.3, 0.4) is 0 Å². The van der Waals surface area contributed by atoms with Gasteiger partial charge in [0.1, 0.15) is 24.4 Å². The van der Waals surface area contributed by atoms with Crippen molar-refractivity contribution in [1.82, 2.24) is 10.2 Å². The smallest absolute Gasteiger partial charge is 0.326 e. The summed E-state index contributed by atoms with van der Waals surface area (Å²) in [7, 11) is 1.48. The number of Topliss-reactive ketones (excluding diaryl/α,β-unsaturated/α-hetero) is 1. The molecule has 2 aliphatic rings. The topological polar surface area (TPSA) is 102 Å². The lowest BCUT2D eigenvalue weighted by molar-refractivity contribution is -0.149. The van der Waals surface area contributed by atoms with Gasteiger partial charge in [-0.1, -0.05) is 19.8 Å². The fourth-order valence-electron chi connectivity index (χ4n) is 4.08. The van der Waals surface area contributed by atoms with Gasteiger partial charge in [-0.05, 0) is 43.9 Å². The van der Waals surface area contributed by atoms with E-state index < -0.39 is 24.1 Å². The number of nitrogens with one attached hydrogen (secondary N) is 1. The van der Waals surface area contributed by atoms with Gasteiger partial charge in [-0.2, -0.15) is 0 Å². The number of methoxy groups -OCH3 is 1. The van der Waals surface area contributed by atoms with E-state index in [1.54, 1.807) is 18.2 Å². The predicted octanol–water partition coefficient (Wildman–Crippen LogP) is 2.44. The molecule has 3 amide bonds. The summed E-state index contributed by atoms with van der Waals surface area (Å²) in [4.78, 5) is 50.1. The van der Waals surface area contributed by atoms with Crippen LogP contribution in [0.2, 0.25) is 0 Å². The molecule has 1 aromatic carbocycles. The summed E-state index contributed by atoms with van der Waals surface area (Å²) in [5, 5.41) is 2.81. The number of urea groups is 1. The lowest BCUT2D eigenvalue weighted by Crippen LogP contribution is -2.54. The fraction of sp³-hybridized carbons (Fsp3) is 0.524. The summed E-state index contributed by atoms with van der Waals surface area (Å²) in [5.41, 5.74) is 0.0940. The van der Waals surface area contributed by atoms with Crippen molar-refractivity contribution in [1.29, 1.82) is 0 Å². The number of ether oxygens (including phenoxy) is 2. The van der Waals surface area contributed by atoms with Gasteiger partial charge in [-0.25, -0.2) is 4.79 Å². The Hall–Kier alpha value is -2.90. The standard InChI is InChI=1S/C21H26N2O6/c1-13-6-4-5-9-21(13)19(26)23(20(27)22-21)11-18(25)29-12-16-10-15(14(2)24)7-8-17(16)28-3/h7-8,10,13H,4-6,9,11-12H2,1-3H3,(H,22,27)/t13-,21-/m1/s1. The molecule has 1 aliphatic carbocycles. The SMILES string of the molecule is COc1ccc(C(C)=O)cc1COC(=O)CN1C(=O)N[C@@]2(CCCC[C@H]2C)C1=O. The van der Waals surface area contributed by atoms with Crippen LogP contribution in [0.1, 0.15) is 55.5 Å². The molecule has 1 saturated heterocycles. The van der Waals surface area contributed by atoms with Crippen molar-refractivity contribution in [2.24, 2.45) is 5.92 Å². The number of amides is 3. The predicted molar refractivity (Wildman–Crippen MR) is 103 cm³/mol. The molecule has 2 atom stereocenters. The third-order valence-corrected chi connectivity index (χ3v) is 5.86. The fourth-order valence-corrected chi connectivity index (χ4v) is 4.08. The molecule has 1 N–H and O–H groups in total. The maximum Gasteiger partial charge on any atom is 0.326 e. The van der Waals surface area contributed by atoms with Crippen molar-refractivity contribution in [2.75, 3.05) is 13.7 Å². The quantitative estimate of drug-likeness (QED) is 0.445. The van der Waals surface area contributed by atoms with Gasteiger partial charge in [0.15, 0.2) is 5.78 Å². The van der Waals surface area contributed by atoms with Gasteiger partial charge in [-0.3, -0.25) is 19.3 Å². The first kappa shape index (κ1) is 20.8. The van der Waals surface area contributed by atoms with Crippen molar-refractivity contribution < 1.29 is 28.7 Å². The Morgan fingerprint density at radius 3 is 2.69 bits per heavy atom. The molecular weight excluding hydrogens is 376 g/mol. The second-order valence-corrected chi connectivity index (χ2v) is 7.68. The highest BCUT2D eigenvalue weighted by Gasteiger charge is 2.55. The highest BCUT2D eigenvalue weighted by Crippen LogP contribution is 2.38. The number of nitrogens with zero attached hydrogens (tertiary/aromatic N) is 1. The number of imide groups is 1. The Balaban J connectivity index is 1.66. The van der Waals surface area contributed by atoms with Crippen LogP contribution in [0, 0.1) is 5.92 Å². The van der Waals surface area contributed by atoms with Crippen molar-refractivity contribution in [3.63, 3.8) is 0 Å². The Labute approximate surface area is 169 Å². The van der Waals surface area contributed by atoms with Gasteiger partial charge < -0.3 is 14.8 Å². The van der Waals surface area contributed by atoms with E-state index in [9.17, 15) is 19.2 Å². The Kier molecular flexibility index (Phi) is 5.91. The van der Waals surface area contributed by atoms with Crippen LogP contribution < -0.4 is 10.1 Å². The van der Waals surface area contributed by atoms with Crippen molar-refractivity contribution in [3.05, 3.63) is 29.3 Å². The summed E-state index contributed by atoms with van der Waals surface area (Å²) >= 11 is 0. The van der Waals surface area contributed by atoms with Gasteiger partial charge in [0, 0.05) is 11.1 Å². The normalized spacial score (nSPS) is 23.8. The van der Waals surface area contributed by atoms with E-state index in [-0.39, 0.29) is 24.2 Å². The Bertz CT molecular complexity index is 852. The average Bonchev–Trinajstić information content (AvgIpc) is 2.93. The number of rotatable bonds is 6. The third kappa shape index (κ3) is 3.97. The number of esters is 1. The largest absolute Gasteiger partial charge is 0.496 e. The van der Waals surface area contributed by atoms with Crippen molar-refractivity contribution in [3.8, 4) is 5.75 Å². The number of benzene rings is 1. The molecule has 0 bridgehead atoms.